The number of nitrogens with one attached hydrogen (secondary N) is 2. The summed E-state index contributed by atoms with van der Waals surface area (Å²) < 4.78 is 31.2. The van der Waals surface area contributed by atoms with E-state index >= 15 is 0 Å². The molecule has 0 aliphatic heterocycles. The van der Waals surface area contributed by atoms with Crippen LogP contribution >= 0.6 is 0 Å². The first-order valence-electron chi connectivity index (χ1n) is 7.20. The summed E-state index contributed by atoms with van der Waals surface area (Å²) in [7, 11) is 0. The van der Waals surface area contributed by atoms with Gasteiger partial charge >= 0.3 is 6.03 Å². The van der Waals surface area contributed by atoms with Crippen LogP contribution < -0.4 is 10.6 Å². The Kier molecular flexibility index (Phi) is 3.97. The summed E-state index contributed by atoms with van der Waals surface area (Å²) in [5.41, 5.74) is -0.134. The quantitative estimate of drug-likeness (QED) is 0.836. The lowest BCUT2D eigenvalue weighted by molar-refractivity contribution is -0.136. The molecule has 0 aromatic carbocycles. The third-order valence-electron chi connectivity index (χ3n) is 4.34. The second-order valence-corrected chi connectivity index (χ2v) is 6.86. The summed E-state index contributed by atoms with van der Waals surface area (Å²) >= 11 is 0. The molecule has 0 aromatic rings. The first kappa shape index (κ1) is 15.5. The van der Waals surface area contributed by atoms with Gasteiger partial charge in [0.15, 0.2) is 0 Å². The van der Waals surface area contributed by atoms with Crippen LogP contribution in [0.25, 0.3) is 0 Å². The summed E-state index contributed by atoms with van der Waals surface area (Å²) in [5.74, 6) is -2.61. The Morgan fingerprint density at radius 1 is 1.25 bits per heavy atom. The summed E-state index contributed by atoms with van der Waals surface area (Å²) in [6.45, 7) is 8.07. The van der Waals surface area contributed by atoms with Crippen LogP contribution in [0.15, 0.2) is 0 Å². The number of amides is 2. The van der Waals surface area contributed by atoms with Gasteiger partial charge in [-0.25, -0.2) is 13.6 Å². The number of halogens is 2. The Labute approximate surface area is 118 Å². The zero-order valence-corrected chi connectivity index (χ0v) is 12.5. The van der Waals surface area contributed by atoms with Crippen molar-refractivity contribution in [2.75, 3.05) is 0 Å². The van der Waals surface area contributed by atoms with E-state index in [-0.39, 0.29) is 42.5 Å². The Morgan fingerprint density at radius 3 is 2.30 bits per heavy atom. The molecule has 0 aromatic heterocycles. The zero-order valence-electron chi connectivity index (χ0n) is 12.5. The molecule has 2 saturated carbocycles. The van der Waals surface area contributed by atoms with Crippen molar-refractivity contribution >= 4 is 6.03 Å². The number of hydrogen-bond acceptors (Lipinski definition) is 2. The van der Waals surface area contributed by atoms with E-state index < -0.39 is 12.0 Å². The topological polar surface area (TPSA) is 50.4 Å². The van der Waals surface area contributed by atoms with Gasteiger partial charge in [0.25, 0.3) is 5.92 Å². The lowest BCUT2D eigenvalue weighted by atomic mass is 9.64. The lowest BCUT2D eigenvalue weighted by Gasteiger charge is -2.52. The van der Waals surface area contributed by atoms with Crippen LogP contribution in [0, 0.1) is 5.41 Å². The maximum atomic E-state index is 12.7. The molecule has 2 atom stereocenters. The maximum absolute atomic E-state index is 12.7. The molecule has 0 saturated heterocycles. The third kappa shape index (κ3) is 3.22. The first-order chi connectivity index (χ1) is 9.10. The average Bonchev–Trinajstić information content (AvgIpc) is 2.24. The van der Waals surface area contributed by atoms with E-state index in [1.807, 2.05) is 27.7 Å². The fraction of sp³-hybridized carbons (Fsp3) is 0.929. The fourth-order valence-corrected chi connectivity index (χ4v) is 2.84. The molecular weight excluding hydrogens is 266 g/mol. The van der Waals surface area contributed by atoms with Crippen LogP contribution in [0.5, 0.6) is 0 Å². The Hall–Kier alpha value is -0.910. The summed E-state index contributed by atoms with van der Waals surface area (Å²) in [5, 5.41) is 5.45. The van der Waals surface area contributed by atoms with Crippen LogP contribution in [0.4, 0.5) is 13.6 Å². The van der Waals surface area contributed by atoms with Crippen LogP contribution in [0.2, 0.25) is 0 Å². The molecule has 6 heteroatoms. The monoisotopic (exact) mass is 290 g/mol. The van der Waals surface area contributed by atoms with Gasteiger partial charge in [-0.3, -0.25) is 0 Å². The van der Waals surface area contributed by atoms with Crippen LogP contribution in [0.1, 0.15) is 47.0 Å². The minimum atomic E-state index is -2.61. The molecule has 2 fully saturated rings. The van der Waals surface area contributed by atoms with Gasteiger partial charge in [-0.05, 0) is 20.3 Å². The van der Waals surface area contributed by atoms with E-state index in [4.69, 9.17) is 4.74 Å². The van der Waals surface area contributed by atoms with Gasteiger partial charge in [-0.2, -0.15) is 0 Å². The molecule has 2 N–H and O–H groups in total. The van der Waals surface area contributed by atoms with Crippen LogP contribution in [-0.2, 0) is 4.74 Å². The highest BCUT2D eigenvalue weighted by Gasteiger charge is 2.51. The molecule has 20 heavy (non-hydrogen) atoms. The second kappa shape index (κ2) is 5.13. The molecule has 2 rings (SSSR count). The van der Waals surface area contributed by atoms with E-state index in [1.54, 1.807) is 0 Å². The standard InChI is InChI=1S/C14H24F2N2O2/c1-8(2)20-11-5-10(13(11,3)4)18-12(19)17-9-6-14(15,16)7-9/h8-11H,5-7H2,1-4H3,(H2,17,18,19). The fourth-order valence-electron chi connectivity index (χ4n) is 2.84. The van der Waals surface area contributed by atoms with Crippen molar-refractivity contribution in [2.45, 2.75) is 77.2 Å². The predicted octanol–water partition coefficient (Wildman–Crippen LogP) is 2.68. The van der Waals surface area contributed by atoms with E-state index in [9.17, 15) is 13.6 Å². The summed E-state index contributed by atoms with van der Waals surface area (Å²) in [4.78, 5) is 11.8. The SMILES string of the molecule is CC(C)OC1CC(NC(=O)NC2CC(F)(F)C2)C1(C)C. The van der Waals surface area contributed by atoms with Gasteiger partial charge in [0.1, 0.15) is 0 Å². The average molecular weight is 290 g/mol. The molecular formula is C14H24F2N2O2. The molecule has 2 aliphatic rings. The molecule has 0 radical (unpaired) electrons. The molecule has 116 valence electrons. The van der Waals surface area contributed by atoms with Crippen molar-refractivity contribution in [1.29, 1.82) is 0 Å². The van der Waals surface area contributed by atoms with Crippen molar-refractivity contribution < 1.29 is 18.3 Å². The normalized spacial score (nSPS) is 31.4. The number of alkyl halides is 2. The maximum Gasteiger partial charge on any atom is 0.315 e. The highest BCUT2D eigenvalue weighted by molar-refractivity contribution is 5.75. The first-order valence-corrected chi connectivity index (χ1v) is 7.20. The van der Waals surface area contributed by atoms with Crippen molar-refractivity contribution in [2.24, 2.45) is 5.41 Å². The van der Waals surface area contributed by atoms with Gasteiger partial charge < -0.3 is 15.4 Å². The lowest BCUT2D eigenvalue weighted by Crippen LogP contribution is -2.65. The van der Waals surface area contributed by atoms with Crippen LogP contribution in [0.3, 0.4) is 0 Å². The Bertz CT molecular complexity index is 377. The number of rotatable bonds is 4. The molecule has 0 spiro atoms. The van der Waals surface area contributed by atoms with E-state index in [0.717, 1.165) is 6.42 Å². The van der Waals surface area contributed by atoms with E-state index in [2.05, 4.69) is 10.6 Å². The number of ether oxygens (including phenoxy) is 1. The van der Waals surface area contributed by atoms with Gasteiger partial charge in [0, 0.05) is 30.3 Å². The van der Waals surface area contributed by atoms with E-state index in [1.165, 1.54) is 0 Å². The van der Waals surface area contributed by atoms with Crippen molar-refractivity contribution in [1.82, 2.24) is 10.6 Å². The van der Waals surface area contributed by atoms with Gasteiger partial charge in [0.2, 0.25) is 0 Å². The van der Waals surface area contributed by atoms with Crippen molar-refractivity contribution in [3.63, 3.8) is 0 Å². The summed E-state index contributed by atoms with van der Waals surface area (Å²) in [6.07, 6.45) is 0.535. The zero-order chi connectivity index (χ0) is 15.1. The molecule has 0 heterocycles. The van der Waals surface area contributed by atoms with Gasteiger partial charge in [0.05, 0.1) is 12.2 Å². The van der Waals surface area contributed by atoms with Crippen molar-refractivity contribution in [3.8, 4) is 0 Å². The minimum Gasteiger partial charge on any atom is -0.375 e. The van der Waals surface area contributed by atoms with Crippen molar-refractivity contribution in [3.05, 3.63) is 0 Å². The minimum absolute atomic E-state index is 0.0202. The van der Waals surface area contributed by atoms with Gasteiger partial charge in [-0.1, -0.05) is 13.8 Å². The second-order valence-electron chi connectivity index (χ2n) is 6.86. The highest BCUT2D eigenvalue weighted by Crippen LogP contribution is 2.43. The third-order valence-corrected chi connectivity index (χ3v) is 4.34. The highest BCUT2D eigenvalue weighted by atomic mass is 19.3. The smallest absolute Gasteiger partial charge is 0.315 e. The molecule has 2 aliphatic carbocycles. The number of carbonyl (C=O) groups is 1. The summed E-state index contributed by atoms with van der Waals surface area (Å²) in [6, 6.07) is -0.741. The van der Waals surface area contributed by atoms with Crippen LogP contribution in [-0.4, -0.2) is 36.2 Å². The largest absolute Gasteiger partial charge is 0.375 e. The Balaban J connectivity index is 1.73. The predicted molar refractivity (Wildman–Crippen MR) is 71.8 cm³/mol. The van der Waals surface area contributed by atoms with Gasteiger partial charge in [-0.15, -0.1) is 0 Å². The molecule has 2 amide bonds. The Morgan fingerprint density at radius 2 is 1.85 bits per heavy atom. The molecule has 0 bridgehead atoms. The number of carbonyl (C=O) groups excluding carboxylic acids is 1. The van der Waals surface area contributed by atoms with E-state index in [0.29, 0.717) is 0 Å². The molecule has 4 nitrogen and oxygen atoms in total. The number of hydrogen-bond donors (Lipinski definition) is 2. The number of urea groups is 1. The molecule has 2 unspecified atom stereocenters.